The van der Waals surface area contributed by atoms with Gasteiger partial charge < -0.3 is 11.1 Å². The number of nitrogens with zero attached hydrogens (tertiary/aromatic N) is 3. The van der Waals surface area contributed by atoms with Crippen molar-refractivity contribution in [3.63, 3.8) is 0 Å². The molecule has 0 atom stereocenters. The molecule has 0 aliphatic heterocycles. The van der Waals surface area contributed by atoms with Crippen LogP contribution in [0.2, 0.25) is 0 Å². The van der Waals surface area contributed by atoms with Gasteiger partial charge >= 0.3 is 0 Å². The number of aromatic nitrogens is 3. The molecule has 0 bridgehead atoms. The van der Waals surface area contributed by atoms with Gasteiger partial charge in [-0.15, -0.1) is 0 Å². The van der Waals surface area contributed by atoms with Crippen molar-refractivity contribution < 1.29 is 0 Å². The number of rotatable bonds is 6. The van der Waals surface area contributed by atoms with Crippen LogP contribution < -0.4 is 11.1 Å². The number of benzene rings is 4. The third kappa shape index (κ3) is 3.72. The fraction of sp³-hybridized carbons (Fsp3) is 0.0625. The summed E-state index contributed by atoms with van der Waals surface area (Å²) in [6.45, 7) is 0. The van der Waals surface area contributed by atoms with Gasteiger partial charge in [-0.3, -0.25) is 0 Å². The normalized spacial score (nSPS) is 11.5. The molecule has 6 rings (SSSR count). The summed E-state index contributed by atoms with van der Waals surface area (Å²) >= 11 is 0. The number of hydrogen-bond acceptors (Lipinski definition) is 4. The van der Waals surface area contributed by atoms with E-state index in [0.29, 0.717) is 5.69 Å². The van der Waals surface area contributed by atoms with Gasteiger partial charge in [0, 0.05) is 29.9 Å². The van der Waals surface area contributed by atoms with Crippen molar-refractivity contribution in [2.75, 3.05) is 18.1 Å². The summed E-state index contributed by atoms with van der Waals surface area (Å²) in [6.07, 6.45) is 1.80. The standard InChI is InChI=1S/C32H27N5/c1-34-30-21-23(19-20-35-30)31-28-22-27(33)17-18-29(28)37(36-31)32(24-11-5-2-6-12-24,25-13-7-3-8-14-25)26-15-9-4-10-16-26/h2-22H,33H2,1H3,(H,34,35). The molecule has 0 amide bonds. The monoisotopic (exact) mass is 481 g/mol. The van der Waals surface area contributed by atoms with E-state index in [1.807, 2.05) is 49.5 Å². The molecule has 180 valence electrons. The van der Waals surface area contributed by atoms with Crippen LogP contribution >= 0.6 is 0 Å². The van der Waals surface area contributed by atoms with Gasteiger partial charge in [0.1, 0.15) is 17.1 Å². The highest BCUT2D eigenvalue weighted by Gasteiger charge is 2.41. The molecule has 2 aromatic heterocycles. The van der Waals surface area contributed by atoms with E-state index < -0.39 is 5.54 Å². The van der Waals surface area contributed by atoms with Crippen LogP contribution in [0.4, 0.5) is 11.5 Å². The summed E-state index contributed by atoms with van der Waals surface area (Å²) in [6, 6.07) is 41.8. The van der Waals surface area contributed by atoms with Crippen LogP contribution in [0.25, 0.3) is 22.2 Å². The number of pyridine rings is 1. The number of fused-ring (bicyclic) bond motifs is 1. The molecule has 0 spiro atoms. The van der Waals surface area contributed by atoms with E-state index in [9.17, 15) is 0 Å². The van der Waals surface area contributed by atoms with E-state index in [4.69, 9.17) is 10.8 Å². The van der Waals surface area contributed by atoms with Crippen molar-refractivity contribution in [1.29, 1.82) is 0 Å². The average molecular weight is 482 g/mol. The Hall–Kier alpha value is -4.90. The van der Waals surface area contributed by atoms with Crippen LogP contribution in [0.3, 0.4) is 0 Å². The van der Waals surface area contributed by atoms with Crippen LogP contribution in [0.1, 0.15) is 16.7 Å². The van der Waals surface area contributed by atoms with E-state index >= 15 is 0 Å². The Bertz CT molecular complexity index is 1560. The third-order valence-electron chi connectivity index (χ3n) is 6.89. The minimum atomic E-state index is -0.727. The molecule has 0 aliphatic carbocycles. The molecule has 4 aromatic carbocycles. The maximum absolute atomic E-state index is 6.32. The first-order valence-corrected chi connectivity index (χ1v) is 12.3. The summed E-state index contributed by atoms with van der Waals surface area (Å²) in [5.74, 6) is 0.782. The molecular weight excluding hydrogens is 454 g/mol. The zero-order valence-corrected chi connectivity index (χ0v) is 20.5. The van der Waals surface area contributed by atoms with Crippen LogP contribution in [-0.4, -0.2) is 21.8 Å². The van der Waals surface area contributed by atoms with Gasteiger partial charge in [0.15, 0.2) is 0 Å². The van der Waals surface area contributed by atoms with Crippen molar-refractivity contribution in [2.24, 2.45) is 0 Å². The Kier molecular flexibility index (Phi) is 5.66. The molecule has 2 heterocycles. The van der Waals surface area contributed by atoms with Gasteiger partial charge in [-0.25, -0.2) is 9.67 Å². The Balaban J connectivity index is 1.78. The molecule has 5 heteroatoms. The van der Waals surface area contributed by atoms with E-state index in [1.165, 1.54) is 0 Å². The molecule has 6 aromatic rings. The lowest BCUT2D eigenvalue weighted by molar-refractivity contribution is 0.477. The summed E-state index contributed by atoms with van der Waals surface area (Å²) in [7, 11) is 1.87. The lowest BCUT2D eigenvalue weighted by Gasteiger charge is -2.37. The molecule has 0 radical (unpaired) electrons. The SMILES string of the molecule is CNc1cc(-c2nn(C(c3ccccc3)(c3ccccc3)c3ccccc3)c3ccc(N)cc23)ccn1. The lowest BCUT2D eigenvalue weighted by atomic mass is 9.77. The zero-order chi connectivity index (χ0) is 25.2. The highest BCUT2D eigenvalue weighted by Crippen LogP contribution is 2.44. The minimum absolute atomic E-state index is 0.695. The molecule has 0 saturated carbocycles. The predicted octanol–water partition coefficient (Wildman–Crippen LogP) is 6.56. The molecule has 37 heavy (non-hydrogen) atoms. The van der Waals surface area contributed by atoms with Crippen LogP contribution in [0.5, 0.6) is 0 Å². The van der Waals surface area contributed by atoms with Crippen LogP contribution in [0, 0.1) is 0 Å². The van der Waals surface area contributed by atoms with Crippen LogP contribution in [0.15, 0.2) is 128 Å². The number of nitrogen functional groups attached to an aromatic ring is 1. The second kappa shape index (κ2) is 9.28. The Morgan fingerprint density at radius 3 is 1.81 bits per heavy atom. The Labute approximate surface area is 216 Å². The lowest BCUT2D eigenvalue weighted by Crippen LogP contribution is -2.38. The summed E-state index contributed by atoms with van der Waals surface area (Å²) < 4.78 is 2.16. The Morgan fingerprint density at radius 1 is 0.703 bits per heavy atom. The van der Waals surface area contributed by atoms with E-state index in [-0.39, 0.29) is 0 Å². The first kappa shape index (κ1) is 22.6. The number of hydrogen-bond donors (Lipinski definition) is 2. The summed E-state index contributed by atoms with van der Waals surface area (Å²) in [5.41, 5.74) is 12.4. The molecule has 0 aliphatic rings. The van der Waals surface area contributed by atoms with Gasteiger partial charge in [-0.2, -0.15) is 5.10 Å². The predicted molar refractivity (Wildman–Crippen MR) is 152 cm³/mol. The number of nitrogens with one attached hydrogen (secondary N) is 1. The highest BCUT2D eigenvalue weighted by molar-refractivity contribution is 5.96. The van der Waals surface area contributed by atoms with E-state index in [1.54, 1.807) is 6.20 Å². The quantitative estimate of drug-likeness (QED) is 0.209. The first-order chi connectivity index (χ1) is 18.2. The van der Waals surface area contributed by atoms with Gasteiger partial charge in [0.2, 0.25) is 0 Å². The second-order valence-corrected chi connectivity index (χ2v) is 9.03. The van der Waals surface area contributed by atoms with Crippen molar-refractivity contribution in [3.8, 4) is 11.3 Å². The van der Waals surface area contributed by atoms with Gasteiger partial charge in [-0.05, 0) is 47.0 Å². The average Bonchev–Trinajstić information content (AvgIpc) is 3.34. The molecule has 0 saturated heterocycles. The Morgan fingerprint density at radius 2 is 1.27 bits per heavy atom. The zero-order valence-electron chi connectivity index (χ0n) is 20.5. The number of nitrogens with two attached hydrogens (primary N) is 1. The molecule has 0 unspecified atom stereocenters. The molecule has 3 N–H and O–H groups in total. The van der Waals surface area contributed by atoms with Gasteiger partial charge in [-0.1, -0.05) is 91.0 Å². The highest BCUT2D eigenvalue weighted by atomic mass is 15.3. The van der Waals surface area contributed by atoms with Crippen LogP contribution in [-0.2, 0) is 5.54 Å². The topological polar surface area (TPSA) is 68.8 Å². The largest absolute Gasteiger partial charge is 0.399 e. The van der Waals surface area contributed by atoms with Crippen molar-refractivity contribution >= 4 is 22.4 Å². The minimum Gasteiger partial charge on any atom is -0.399 e. The van der Waals surface area contributed by atoms with Gasteiger partial charge in [0.05, 0.1) is 5.52 Å². The molecule has 5 nitrogen and oxygen atoms in total. The fourth-order valence-corrected chi connectivity index (χ4v) is 5.22. The third-order valence-corrected chi connectivity index (χ3v) is 6.89. The fourth-order valence-electron chi connectivity index (χ4n) is 5.22. The van der Waals surface area contributed by atoms with Crippen molar-refractivity contribution in [1.82, 2.24) is 14.8 Å². The summed E-state index contributed by atoms with van der Waals surface area (Å²) in [5, 5.41) is 9.51. The maximum atomic E-state index is 6.32. The maximum Gasteiger partial charge on any atom is 0.138 e. The molecular formula is C32H27N5. The smallest absolute Gasteiger partial charge is 0.138 e. The van der Waals surface area contributed by atoms with E-state index in [0.717, 1.165) is 44.7 Å². The van der Waals surface area contributed by atoms with Gasteiger partial charge in [0.25, 0.3) is 0 Å². The second-order valence-electron chi connectivity index (χ2n) is 9.03. The van der Waals surface area contributed by atoms with Crippen molar-refractivity contribution in [3.05, 3.63) is 144 Å². The first-order valence-electron chi connectivity index (χ1n) is 12.3. The van der Waals surface area contributed by atoms with Crippen molar-refractivity contribution in [2.45, 2.75) is 5.54 Å². The molecule has 0 fully saturated rings. The van der Waals surface area contributed by atoms with E-state index in [2.05, 4.69) is 93.8 Å². The number of anilines is 2. The summed E-state index contributed by atoms with van der Waals surface area (Å²) in [4.78, 5) is 4.41.